The fourth-order valence-electron chi connectivity index (χ4n) is 2.79. The van der Waals surface area contributed by atoms with Gasteiger partial charge in [-0.25, -0.2) is 0 Å². The summed E-state index contributed by atoms with van der Waals surface area (Å²) in [5, 5.41) is 0.799. The number of imide groups is 1. The first-order valence-corrected chi connectivity index (χ1v) is 9.71. The molecule has 0 saturated carbocycles. The molecule has 1 fully saturated rings. The number of carbonyl (C=O) groups excluding carboxylic acids is 2. The number of rotatable bonds is 3. The summed E-state index contributed by atoms with van der Waals surface area (Å²) in [7, 11) is 0. The van der Waals surface area contributed by atoms with Crippen LogP contribution in [0.15, 0.2) is 62.8 Å². The first-order valence-electron chi connectivity index (χ1n) is 8.14. The maximum atomic E-state index is 12.7. The Hall–Kier alpha value is -2.54. The maximum absolute atomic E-state index is 12.7. The van der Waals surface area contributed by atoms with Gasteiger partial charge in [0.25, 0.3) is 11.1 Å². The zero-order valence-corrected chi connectivity index (χ0v) is 16.5. The van der Waals surface area contributed by atoms with E-state index in [1.54, 1.807) is 42.5 Å². The van der Waals surface area contributed by atoms with Gasteiger partial charge in [-0.15, -0.1) is 0 Å². The smallest absolute Gasteiger partial charge is 0.293 e. The van der Waals surface area contributed by atoms with Crippen molar-refractivity contribution in [2.24, 2.45) is 0 Å². The van der Waals surface area contributed by atoms with Gasteiger partial charge in [-0.05, 0) is 47.7 Å². The van der Waals surface area contributed by atoms with Crippen LogP contribution in [-0.4, -0.2) is 16.0 Å². The molecule has 0 spiro atoms. The summed E-state index contributed by atoms with van der Waals surface area (Å²) in [6.07, 6.45) is 2.67. The average Bonchev–Trinajstić information content (AvgIpc) is 2.93. The average molecular weight is 432 g/mol. The van der Waals surface area contributed by atoms with Crippen LogP contribution in [0, 0.1) is 0 Å². The van der Waals surface area contributed by atoms with Crippen molar-refractivity contribution in [3.8, 4) is 0 Å². The van der Waals surface area contributed by atoms with Gasteiger partial charge >= 0.3 is 0 Å². The van der Waals surface area contributed by atoms with Gasteiger partial charge < -0.3 is 4.42 Å². The summed E-state index contributed by atoms with van der Waals surface area (Å²) in [6.45, 7) is 0.0182. The molecule has 0 N–H and O–H groups in total. The van der Waals surface area contributed by atoms with Crippen molar-refractivity contribution in [3.63, 3.8) is 0 Å². The van der Waals surface area contributed by atoms with Crippen molar-refractivity contribution in [1.82, 2.24) is 4.90 Å². The van der Waals surface area contributed by atoms with Crippen LogP contribution in [0.5, 0.6) is 0 Å². The Morgan fingerprint density at radius 3 is 2.64 bits per heavy atom. The van der Waals surface area contributed by atoms with Crippen LogP contribution in [0.4, 0.5) is 4.79 Å². The van der Waals surface area contributed by atoms with Crippen LogP contribution in [0.2, 0.25) is 10.0 Å². The summed E-state index contributed by atoms with van der Waals surface area (Å²) in [5.41, 5.74) is 0.984. The molecule has 1 aromatic heterocycles. The normalized spacial score (nSPS) is 15.8. The molecule has 1 aliphatic rings. The molecule has 28 heavy (non-hydrogen) atoms. The fraction of sp³-hybridized carbons (Fsp3) is 0.0500. The molecule has 2 aromatic carbocycles. The molecule has 0 atom stereocenters. The van der Waals surface area contributed by atoms with Gasteiger partial charge in [-0.1, -0.05) is 41.4 Å². The number of halogens is 2. The Labute approximate surface area is 173 Å². The number of hydrogen-bond acceptors (Lipinski definition) is 5. The SMILES string of the molecule is O=C1S/C(=C\c2coc3ccccc3c2=O)C(=O)N1Cc1ccc(Cl)cc1Cl. The summed E-state index contributed by atoms with van der Waals surface area (Å²) < 4.78 is 5.45. The highest BCUT2D eigenvalue weighted by Crippen LogP contribution is 2.34. The molecule has 5 nitrogen and oxygen atoms in total. The van der Waals surface area contributed by atoms with Crippen LogP contribution in [0.1, 0.15) is 11.1 Å². The highest BCUT2D eigenvalue weighted by molar-refractivity contribution is 8.18. The standard InChI is InChI=1S/C20H11Cl2NO4S/c21-13-6-5-11(15(22)8-13)9-23-19(25)17(28-20(23)26)7-12-10-27-16-4-2-1-3-14(16)18(12)24/h1-8,10H,9H2/b17-7-. The topological polar surface area (TPSA) is 67.6 Å². The third-order valence-corrected chi connectivity index (χ3v) is 5.70. The Morgan fingerprint density at radius 1 is 1.07 bits per heavy atom. The minimum atomic E-state index is -0.492. The predicted molar refractivity (Wildman–Crippen MR) is 110 cm³/mol. The lowest BCUT2D eigenvalue weighted by atomic mass is 10.1. The molecule has 0 radical (unpaired) electrons. The Morgan fingerprint density at radius 2 is 1.86 bits per heavy atom. The molecule has 8 heteroatoms. The molecule has 0 unspecified atom stereocenters. The van der Waals surface area contributed by atoms with E-state index in [0.29, 0.717) is 26.6 Å². The van der Waals surface area contributed by atoms with Crippen LogP contribution in [-0.2, 0) is 11.3 Å². The Balaban J connectivity index is 1.65. The van der Waals surface area contributed by atoms with E-state index in [9.17, 15) is 14.4 Å². The molecule has 1 saturated heterocycles. The van der Waals surface area contributed by atoms with Crippen molar-refractivity contribution in [1.29, 1.82) is 0 Å². The molecule has 3 aromatic rings. The van der Waals surface area contributed by atoms with Gasteiger partial charge in [-0.3, -0.25) is 19.3 Å². The summed E-state index contributed by atoms with van der Waals surface area (Å²) >= 11 is 12.8. The van der Waals surface area contributed by atoms with Crippen molar-refractivity contribution in [2.75, 3.05) is 0 Å². The monoisotopic (exact) mass is 431 g/mol. The number of benzene rings is 2. The Kier molecular flexibility index (Phi) is 5.02. The van der Waals surface area contributed by atoms with Crippen LogP contribution in [0.3, 0.4) is 0 Å². The number of amides is 2. The van der Waals surface area contributed by atoms with Crippen molar-refractivity contribution in [3.05, 3.63) is 85.0 Å². The van der Waals surface area contributed by atoms with E-state index >= 15 is 0 Å². The second-order valence-electron chi connectivity index (χ2n) is 6.02. The lowest BCUT2D eigenvalue weighted by Gasteiger charge is -2.13. The number of hydrogen-bond donors (Lipinski definition) is 0. The summed E-state index contributed by atoms with van der Waals surface area (Å²) in [6, 6.07) is 11.7. The molecular weight excluding hydrogens is 421 g/mol. The van der Waals surface area contributed by atoms with Gasteiger partial charge in [0, 0.05) is 10.0 Å². The predicted octanol–water partition coefficient (Wildman–Crippen LogP) is 5.34. The largest absolute Gasteiger partial charge is 0.463 e. The number of fused-ring (bicyclic) bond motifs is 1. The number of thioether (sulfide) groups is 1. The van der Waals surface area contributed by atoms with Gasteiger partial charge in [0.15, 0.2) is 5.43 Å². The second-order valence-corrected chi connectivity index (χ2v) is 7.86. The quantitative estimate of drug-likeness (QED) is 0.523. The van der Waals surface area contributed by atoms with E-state index in [-0.39, 0.29) is 22.4 Å². The van der Waals surface area contributed by atoms with Crippen molar-refractivity contribution >= 4 is 63.2 Å². The molecule has 2 heterocycles. The van der Waals surface area contributed by atoms with Crippen LogP contribution < -0.4 is 5.43 Å². The van der Waals surface area contributed by atoms with Crippen LogP contribution >= 0.6 is 35.0 Å². The molecular formula is C20H11Cl2NO4S. The van der Waals surface area contributed by atoms with Gasteiger partial charge in [0.1, 0.15) is 11.8 Å². The number of para-hydroxylation sites is 1. The van der Waals surface area contributed by atoms with E-state index in [1.807, 2.05) is 0 Å². The van der Waals surface area contributed by atoms with Crippen molar-refractivity contribution < 1.29 is 14.0 Å². The molecule has 0 aliphatic carbocycles. The van der Waals surface area contributed by atoms with E-state index < -0.39 is 11.1 Å². The number of nitrogens with zero attached hydrogens (tertiary/aromatic N) is 1. The minimum absolute atomic E-state index is 0.0182. The minimum Gasteiger partial charge on any atom is -0.463 e. The fourth-order valence-corrected chi connectivity index (χ4v) is 4.09. The molecule has 4 rings (SSSR count). The van der Waals surface area contributed by atoms with Crippen LogP contribution in [0.25, 0.3) is 17.0 Å². The zero-order chi connectivity index (χ0) is 19.8. The Bertz CT molecular complexity index is 1220. The van der Waals surface area contributed by atoms with Gasteiger partial charge in [-0.2, -0.15) is 0 Å². The number of carbonyl (C=O) groups is 2. The summed E-state index contributed by atoms with van der Waals surface area (Å²) in [4.78, 5) is 38.8. The molecule has 2 amide bonds. The van der Waals surface area contributed by atoms with E-state index in [1.165, 1.54) is 12.3 Å². The molecule has 0 bridgehead atoms. The van der Waals surface area contributed by atoms with Gasteiger partial charge in [0.05, 0.1) is 22.4 Å². The first kappa shape index (κ1) is 18.8. The second kappa shape index (κ2) is 7.47. The molecule has 140 valence electrons. The third kappa shape index (κ3) is 3.46. The molecule has 1 aliphatic heterocycles. The first-order chi connectivity index (χ1) is 13.4. The maximum Gasteiger partial charge on any atom is 0.293 e. The van der Waals surface area contributed by atoms with E-state index in [2.05, 4.69) is 0 Å². The highest BCUT2D eigenvalue weighted by atomic mass is 35.5. The zero-order valence-electron chi connectivity index (χ0n) is 14.1. The van der Waals surface area contributed by atoms with Gasteiger partial charge in [0.2, 0.25) is 0 Å². The van der Waals surface area contributed by atoms with E-state index in [0.717, 1.165) is 16.7 Å². The highest BCUT2D eigenvalue weighted by Gasteiger charge is 2.35. The summed E-state index contributed by atoms with van der Waals surface area (Å²) in [5.74, 6) is -0.492. The lowest BCUT2D eigenvalue weighted by molar-refractivity contribution is -0.123. The van der Waals surface area contributed by atoms with Crippen molar-refractivity contribution in [2.45, 2.75) is 6.54 Å². The third-order valence-electron chi connectivity index (χ3n) is 4.21. The lowest BCUT2D eigenvalue weighted by Crippen LogP contribution is -2.27. The van der Waals surface area contributed by atoms with E-state index in [4.69, 9.17) is 27.6 Å².